The zero-order valence-electron chi connectivity index (χ0n) is 10.8. The van der Waals surface area contributed by atoms with Gasteiger partial charge < -0.3 is 10.5 Å². The summed E-state index contributed by atoms with van der Waals surface area (Å²) in [5, 5.41) is 0. The number of hydrogen-bond donors (Lipinski definition) is 1. The summed E-state index contributed by atoms with van der Waals surface area (Å²) in [5.41, 5.74) is 8.79. The molecule has 0 aliphatic rings. The van der Waals surface area contributed by atoms with E-state index in [0.717, 1.165) is 23.1 Å². The molecule has 0 spiro atoms. The fourth-order valence-electron chi connectivity index (χ4n) is 1.87. The third-order valence-electron chi connectivity index (χ3n) is 2.85. The van der Waals surface area contributed by atoms with Gasteiger partial charge in [-0.2, -0.15) is 0 Å². The lowest BCUT2D eigenvalue weighted by atomic mass is 9.96. The third-order valence-corrected chi connectivity index (χ3v) is 2.85. The van der Waals surface area contributed by atoms with Gasteiger partial charge in [-0.1, -0.05) is 23.8 Å². The highest BCUT2D eigenvalue weighted by molar-refractivity contribution is 6.01. The summed E-state index contributed by atoms with van der Waals surface area (Å²) in [6, 6.07) is 5.40. The lowest BCUT2D eigenvalue weighted by Crippen LogP contribution is -2.31. The van der Waals surface area contributed by atoms with Crippen LogP contribution in [-0.2, 0) is 4.74 Å². The molecule has 0 heterocycles. The van der Waals surface area contributed by atoms with E-state index in [2.05, 4.69) is 0 Å². The lowest BCUT2D eigenvalue weighted by molar-refractivity contribution is 0.0950. The van der Waals surface area contributed by atoms with Gasteiger partial charge in [0, 0.05) is 19.3 Å². The lowest BCUT2D eigenvalue weighted by Gasteiger charge is -2.12. The van der Waals surface area contributed by atoms with Crippen molar-refractivity contribution in [1.82, 2.24) is 0 Å². The minimum absolute atomic E-state index is 0.0265. The summed E-state index contributed by atoms with van der Waals surface area (Å²) in [6.45, 7) is 4.61. The van der Waals surface area contributed by atoms with Crippen LogP contribution in [-0.4, -0.2) is 25.5 Å². The molecule has 94 valence electrons. The Morgan fingerprint density at radius 2 is 2.12 bits per heavy atom. The SMILES string of the molecule is COCCCC(N)C(=O)c1ccc(C)cc1C. The highest BCUT2D eigenvalue weighted by Crippen LogP contribution is 2.13. The predicted molar refractivity (Wildman–Crippen MR) is 69.3 cm³/mol. The molecule has 0 aliphatic heterocycles. The highest BCUT2D eigenvalue weighted by Gasteiger charge is 2.16. The first kappa shape index (κ1) is 13.9. The van der Waals surface area contributed by atoms with Gasteiger partial charge in [0.2, 0.25) is 0 Å². The summed E-state index contributed by atoms with van der Waals surface area (Å²) < 4.78 is 4.95. The molecule has 17 heavy (non-hydrogen) atoms. The van der Waals surface area contributed by atoms with Crippen LogP contribution in [0.15, 0.2) is 18.2 Å². The van der Waals surface area contributed by atoms with Crippen molar-refractivity contribution in [2.45, 2.75) is 32.7 Å². The first-order valence-electron chi connectivity index (χ1n) is 5.92. The summed E-state index contributed by atoms with van der Waals surface area (Å²) in [5.74, 6) is 0.0265. The van der Waals surface area contributed by atoms with Crippen molar-refractivity contribution in [1.29, 1.82) is 0 Å². The van der Waals surface area contributed by atoms with Crippen molar-refractivity contribution in [2.75, 3.05) is 13.7 Å². The van der Waals surface area contributed by atoms with Crippen molar-refractivity contribution >= 4 is 5.78 Å². The topological polar surface area (TPSA) is 52.3 Å². The van der Waals surface area contributed by atoms with Crippen LogP contribution in [0, 0.1) is 13.8 Å². The Labute approximate surface area is 103 Å². The second-order valence-corrected chi connectivity index (χ2v) is 4.42. The minimum atomic E-state index is -0.424. The number of carbonyl (C=O) groups excluding carboxylic acids is 1. The number of aryl methyl sites for hydroxylation is 2. The number of benzene rings is 1. The molecular weight excluding hydrogens is 214 g/mol. The summed E-state index contributed by atoms with van der Waals surface area (Å²) in [6.07, 6.45) is 1.48. The monoisotopic (exact) mass is 235 g/mol. The molecule has 3 nitrogen and oxygen atoms in total. The molecule has 2 N–H and O–H groups in total. The van der Waals surface area contributed by atoms with Gasteiger partial charge in [0.1, 0.15) is 0 Å². The fourth-order valence-corrected chi connectivity index (χ4v) is 1.87. The van der Waals surface area contributed by atoms with Gasteiger partial charge in [-0.3, -0.25) is 4.79 Å². The van der Waals surface area contributed by atoms with Gasteiger partial charge in [0.15, 0.2) is 5.78 Å². The van der Waals surface area contributed by atoms with E-state index in [1.807, 2.05) is 32.0 Å². The summed E-state index contributed by atoms with van der Waals surface area (Å²) in [7, 11) is 1.65. The number of carbonyl (C=O) groups is 1. The Balaban J connectivity index is 2.68. The van der Waals surface area contributed by atoms with Gasteiger partial charge in [0.25, 0.3) is 0 Å². The molecule has 0 bridgehead atoms. The van der Waals surface area contributed by atoms with E-state index >= 15 is 0 Å². The quantitative estimate of drug-likeness (QED) is 0.607. The Morgan fingerprint density at radius 1 is 1.41 bits per heavy atom. The van der Waals surface area contributed by atoms with E-state index in [4.69, 9.17) is 10.5 Å². The van der Waals surface area contributed by atoms with Gasteiger partial charge in [0.05, 0.1) is 6.04 Å². The number of nitrogens with two attached hydrogens (primary N) is 1. The van der Waals surface area contributed by atoms with E-state index in [9.17, 15) is 4.79 Å². The number of ketones is 1. The zero-order chi connectivity index (χ0) is 12.8. The van der Waals surface area contributed by atoms with Crippen molar-refractivity contribution in [3.63, 3.8) is 0 Å². The predicted octanol–water partition coefficient (Wildman–Crippen LogP) is 2.24. The van der Waals surface area contributed by atoms with Crippen LogP contribution in [0.4, 0.5) is 0 Å². The molecule has 1 aromatic rings. The molecule has 0 aromatic heterocycles. The van der Waals surface area contributed by atoms with Crippen molar-refractivity contribution in [3.8, 4) is 0 Å². The largest absolute Gasteiger partial charge is 0.385 e. The number of methoxy groups -OCH3 is 1. The van der Waals surface area contributed by atoms with E-state index in [1.54, 1.807) is 7.11 Å². The standard InChI is InChI=1S/C14H21NO2/c1-10-6-7-12(11(2)9-10)14(16)13(15)5-4-8-17-3/h6-7,9,13H,4-5,8,15H2,1-3H3. The van der Waals surface area contributed by atoms with Crippen molar-refractivity contribution in [3.05, 3.63) is 34.9 Å². The van der Waals surface area contributed by atoms with Crippen molar-refractivity contribution < 1.29 is 9.53 Å². The molecule has 3 heteroatoms. The number of rotatable bonds is 6. The maximum Gasteiger partial charge on any atom is 0.179 e. The maximum absolute atomic E-state index is 12.1. The molecule has 1 rings (SSSR count). The molecule has 0 saturated heterocycles. The summed E-state index contributed by atoms with van der Waals surface area (Å²) >= 11 is 0. The van der Waals surface area contributed by atoms with Crippen LogP contribution in [0.5, 0.6) is 0 Å². The van der Waals surface area contributed by atoms with Crippen LogP contribution in [0.3, 0.4) is 0 Å². The van der Waals surface area contributed by atoms with Gasteiger partial charge in [-0.15, -0.1) is 0 Å². The second-order valence-electron chi connectivity index (χ2n) is 4.42. The molecular formula is C14H21NO2. The van der Waals surface area contributed by atoms with E-state index in [-0.39, 0.29) is 5.78 Å². The van der Waals surface area contributed by atoms with Gasteiger partial charge in [-0.25, -0.2) is 0 Å². The molecule has 0 amide bonds. The molecule has 0 aliphatic carbocycles. The molecule has 1 unspecified atom stereocenters. The third kappa shape index (κ3) is 3.95. The molecule has 1 atom stereocenters. The van der Waals surface area contributed by atoms with Gasteiger partial charge in [-0.05, 0) is 32.3 Å². The maximum atomic E-state index is 12.1. The Bertz CT molecular complexity index is 388. The Kier molecular flexibility index (Phi) is 5.32. The minimum Gasteiger partial charge on any atom is -0.385 e. The fraction of sp³-hybridized carbons (Fsp3) is 0.500. The van der Waals surface area contributed by atoms with Crippen LogP contribution in [0.25, 0.3) is 0 Å². The number of hydrogen-bond acceptors (Lipinski definition) is 3. The van der Waals surface area contributed by atoms with Gasteiger partial charge >= 0.3 is 0 Å². The molecule has 0 saturated carbocycles. The van der Waals surface area contributed by atoms with Crippen LogP contribution in [0.1, 0.15) is 34.3 Å². The summed E-state index contributed by atoms with van der Waals surface area (Å²) in [4.78, 5) is 12.1. The average Bonchev–Trinajstić information content (AvgIpc) is 2.28. The van der Waals surface area contributed by atoms with Crippen LogP contribution >= 0.6 is 0 Å². The first-order chi connectivity index (χ1) is 8.06. The smallest absolute Gasteiger partial charge is 0.179 e. The highest BCUT2D eigenvalue weighted by atomic mass is 16.5. The van der Waals surface area contributed by atoms with Crippen LogP contribution < -0.4 is 5.73 Å². The second kappa shape index (κ2) is 6.52. The zero-order valence-corrected chi connectivity index (χ0v) is 10.8. The van der Waals surface area contributed by atoms with E-state index in [0.29, 0.717) is 13.0 Å². The first-order valence-corrected chi connectivity index (χ1v) is 5.92. The number of ether oxygens (including phenoxy) is 1. The molecule has 0 radical (unpaired) electrons. The normalized spacial score (nSPS) is 12.5. The van der Waals surface area contributed by atoms with E-state index < -0.39 is 6.04 Å². The van der Waals surface area contributed by atoms with Crippen LogP contribution in [0.2, 0.25) is 0 Å². The Hall–Kier alpha value is -1.19. The Morgan fingerprint density at radius 3 is 2.71 bits per heavy atom. The van der Waals surface area contributed by atoms with Crippen molar-refractivity contribution in [2.24, 2.45) is 5.73 Å². The number of Topliss-reactive ketones (excluding diaryl/α,β-unsaturated/α-hetero) is 1. The molecule has 0 fully saturated rings. The molecule has 1 aromatic carbocycles. The average molecular weight is 235 g/mol. The van der Waals surface area contributed by atoms with E-state index in [1.165, 1.54) is 0 Å².